The first-order valence-corrected chi connectivity index (χ1v) is 8.49. The second-order valence-electron chi connectivity index (χ2n) is 6.37. The molecule has 0 saturated heterocycles. The first kappa shape index (κ1) is 15.6. The summed E-state index contributed by atoms with van der Waals surface area (Å²) in [6, 6.07) is 11.1. The summed E-state index contributed by atoms with van der Waals surface area (Å²) in [7, 11) is 0. The molecular formula is C21H13N3O3. The second kappa shape index (κ2) is 5.67. The molecule has 0 atom stereocenters. The Bertz CT molecular complexity index is 1280. The van der Waals surface area contributed by atoms with Crippen LogP contribution in [0.5, 0.6) is 0 Å². The van der Waals surface area contributed by atoms with Crippen molar-refractivity contribution >= 4 is 33.4 Å². The van der Waals surface area contributed by atoms with Crippen LogP contribution in [0.2, 0.25) is 0 Å². The van der Waals surface area contributed by atoms with E-state index >= 15 is 0 Å². The Kier molecular flexibility index (Phi) is 3.27. The van der Waals surface area contributed by atoms with Crippen molar-refractivity contribution in [3.8, 4) is 11.4 Å². The summed E-state index contributed by atoms with van der Waals surface area (Å²) >= 11 is 0. The molecule has 27 heavy (non-hydrogen) atoms. The minimum atomic E-state index is -0.374. The Hall–Kier alpha value is -3.67. The van der Waals surface area contributed by atoms with E-state index in [0.29, 0.717) is 33.5 Å². The second-order valence-corrected chi connectivity index (χ2v) is 6.37. The molecule has 0 unspecified atom stereocenters. The molecular weight excluding hydrogens is 342 g/mol. The number of rotatable bonds is 2. The fourth-order valence-electron chi connectivity index (χ4n) is 3.59. The molecule has 3 heterocycles. The van der Waals surface area contributed by atoms with Gasteiger partial charge in [-0.15, -0.1) is 0 Å². The number of nitrogens with zero attached hydrogens (tertiary/aromatic N) is 3. The number of fused-ring (bicyclic) bond motifs is 4. The highest BCUT2D eigenvalue weighted by atomic mass is 16.5. The van der Waals surface area contributed by atoms with Gasteiger partial charge in [0.05, 0.1) is 16.8 Å². The topological polar surface area (TPSA) is 82.0 Å². The van der Waals surface area contributed by atoms with Gasteiger partial charge in [-0.05, 0) is 18.2 Å². The molecule has 0 amide bonds. The zero-order valence-electron chi connectivity index (χ0n) is 14.4. The summed E-state index contributed by atoms with van der Waals surface area (Å²) in [5, 5.41) is 2.37. The van der Waals surface area contributed by atoms with Gasteiger partial charge in [0.2, 0.25) is 5.78 Å². The average Bonchev–Trinajstić information content (AvgIpc) is 2.70. The molecule has 6 heteroatoms. The maximum atomic E-state index is 13.1. The fourth-order valence-corrected chi connectivity index (χ4v) is 3.59. The van der Waals surface area contributed by atoms with Gasteiger partial charge in [0, 0.05) is 41.0 Å². The van der Waals surface area contributed by atoms with Crippen LogP contribution in [0.15, 0.2) is 48.8 Å². The van der Waals surface area contributed by atoms with E-state index in [0.717, 1.165) is 16.3 Å². The van der Waals surface area contributed by atoms with Crippen molar-refractivity contribution in [2.75, 3.05) is 0 Å². The average molecular weight is 355 g/mol. The molecule has 0 N–H and O–H groups in total. The van der Waals surface area contributed by atoms with Crippen molar-refractivity contribution in [3.63, 3.8) is 0 Å². The lowest BCUT2D eigenvalue weighted by Crippen LogP contribution is -2.15. The Morgan fingerprint density at radius 1 is 1.00 bits per heavy atom. The molecule has 1 aromatic carbocycles. The number of pyridine rings is 3. The van der Waals surface area contributed by atoms with Gasteiger partial charge in [0.1, 0.15) is 18.0 Å². The Morgan fingerprint density at radius 2 is 1.85 bits per heavy atom. The van der Waals surface area contributed by atoms with E-state index in [9.17, 15) is 9.59 Å². The summed E-state index contributed by atoms with van der Waals surface area (Å²) < 4.78 is 5.21. The quantitative estimate of drug-likeness (QED) is 0.356. The molecule has 0 fully saturated rings. The minimum absolute atomic E-state index is 0.0792. The number of benzene rings is 1. The van der Waals surface area contributed by atoms with Crippen LogP contribution in [0.1, 0.15) is 28.5 Å². The first-order valence-electron chi connectivity index (χ1n) is 8.49. The maximum absolute atomic E-state index is 13.1. The third kappa shape index (κ3) is 2.23. The predicted molar refractivity (Wildman–Crippen MR) is 99.2 cm³/mol. The molecule has 5 rings (SSSR count). The summed E-state index contributed by atoms with van der Waals surface area (Å²) in [5.74, 6) is -0.547. The molecule has 0 saturated carbocycles. The van der Waals surface area contributed by atoms with Crippen LogP contribution in [-0.4, -0.2) is 26.7 Å². The van der Waals surface area contributed by atoms with E-state index in [1.54, 1.807) is 24.5 Å². The largest absolute Gasteiger partial charge is 0.461 e. The van der Waals surface area contributed by atoms with Crippen LogP contribution in [0.3, 0.4) is 0 Å². The van der Waals surface area contributed by atoms with Crippen molar-refractivity contribution in [2.45, 2.75) is 13.5 Å². The molecule has 6 nitrogen and oxygen atoms in total. The molecule has 0 bridgehead atoms. The third-order valence-electron chi connectivity index (χ3n) is 4.72. The molecule has 3 aromatic heterocycles. The zero-order valence-corrected chi connectivity index (χ0v) is 14.4. The highest BCUT2D eigenvalue weighted by molar-refractivity contribution is 6.27. The lowest BCUT2D eigenvalue weighted by Gasteiger charge is -2.20. The van der Waals surface area contributed by atoms with E-state index in [4.69, 9.17) is 4.74 Å². The molecule has 0 spiro atoms. The van der Waals surface area contributed by atoms with E-state index < -0.39 is 0 Å². The standard InChI is InChI=1S/C21H13N3O3/c1-11(25)27-10-12-9-23-19-17-16(12)13-5-2-3-7-15(13)24-20(17)21(26)14-6-4-8-22-18(14)19/h2-9H,10H2,1H3. The Labute approximate surface area is 153 Å². The van der Waals surface area contributed by atoms with Gasteiger partial charge in [-0.2, -0.15) is 0 Å². The van der Waals surface area contributed by atoms with Gasteiger partial charge < -0.3 is 4.74 Å². The van der Waals surface area contributed by atoms with Gasteiger partial charge in [-0.25, -0.2) is 4.98 Å². The SMILES string of the molecule is CC(=O)OCc1cnc2c3c(nc4ccccc4c13)C(=O)c1cccnc1-2. The number of ketones is 1. The highest BCUT2D eigenvalue weighted by Crippen LogP contribution is 2.40. The number of para-hydroxylation sites is 1. The van der Waals surface area contributed by atoms with Crippen molar-refractivity contribution in [1.82, 2.24) is 15.0 Å². The van der Waals surface area contributed by atoms with E-state index in [1.807, 2.05) is 24.3 Å². The third-order valence-corrected chi connectivity index (χ3v) is 4.72. The molecule has 1 aliphatic carbocycles. The number of esters is 1. The van der Waals surface area contributed by atoms with E-state index in [1.165, 1.54) is 6.92 Å². The number of carbonyl (C=O) groups is 2. The molecule has 0 aliphatic heterocycles. The number of aromatic nitrogens is 3. The molecule has 0 radical (unpaired) electrons. The zero-order chi connectivity index (χ0) is 18.5. The van der Waals surface area contributed by atoms with Crippen molar-refractivity contribution < 1.29 is 14.3 Å². The Morgan fingerprint density at radius 3 is 2.70 bits per heavy atom. The van der Waals surface area contributed by atoms with E-state index in [2.05, 4.69) is 15.0 Å². The summed E-state index contributed by atoms with van der Waals surface area (Å²) in [5.41, 5.74) is 3.47. The normalized spacial score (nSPS) is 12.3. The first-order chi connectivity index (χ1) is 13.1. The highest BCUT2D eigenvalue weighted by Gasteiger charge is 2.30. The summed E-state index contributed by atoms with van der Waals surface area (Å²) in [4.78, 5) is 38.0. The number of hydrogen-bond acceptors (Lipinski definition) is 6. The van der Waals surface area contributed by atoms with Gasteiger partial charge in [-0.1, -0.05) is 18.2 Å². The van der Waals surface area contributed by atoms with Crippen LogP contribution >= 0.6 is 0 Å². The molecule has 130 valence electrons. The molecule has 4 aromatic rings. The van der Waals surface area contributed by atoms with Crippen LogP contribution in [0.25, 0.3) is 33.1 Å². The lowest BCUT2D eigenvalue weighted by atomic mass is 9.89. The van der Waals surface area contributed by atoms with E-state index in [-0.39, 0.29) is 18.4 Å². The van der Waals surface area contributed by atoms with Crippen LogP contribution < -0.4 is 0 Å². The Balaban J connectivity index is 1.95. The van der Waals surface area contributed by atoms with Crippen LogP contribution in [0, 0.1) is 0 Å². The lowest BCUT2D eigenvalue weighted by molar-refractivity contribution is -0.142. The van der Waals surface area contributed by atoms with Gasteiger partial charge >= 0.3 is 5.97 Å². The monoisotopic (exact) mass is 355 g/mol. The summed E-state index contributed by atoms with van der Waals surface area (Å²) in [6.45, 7) is 1.44. The fraction of sp³-hybridized carbons (Fsp3) is 0.0952. The number of ether oxygens (including phenoxy) is 1. The van der Waals surface area contributed by atoms with Gasteiger partial charge in [-0.3, -0.25) is 19.6 Å². The van der Waals surface area contributed by atoms with Gasteiger partial charge in [0.25, 0.3) is 0 Å². The van der Waals surface area contributed by atoms with Crippen LogP contribution in [0.4, 0.5) is 0 Å². The van der Waals surface area contributed by atoms with Crippen molar-refractivity contribution in [2.24, 2.45) is 0 Å². The smallest absolute Gasteiger partial charge is 0.302 e. The molecule has 1 aliphatic rings. The predicted octanol–water partition coefficient (Wildman–Crippen LogP) is 3.45. The van der Waals surface area contributed by atoms with Gasteiger partial charge in [0.15, 0.2) is 0 Å². The minimum Gasteiger partial charge on any atom is -0.461 e. The number of carbonyl (C=O) groups excluding carboxylic acids is 2. The maximum Gasteiger partial charge on any atom is 0.302 e. The van der Waals surface area contributed by atoms with Crippen molar-refractivity contribution in [3.05, 3.63) is 65.6 Å². The van der Waals surface area contributed by atoms with Crippen molar-refractivity contribution in [1.29, 1.82) is 0 Å². The summed E-state index contributed by atoms with van der Waals surface area (Å²) in [6.07, 6.45) is 3.33. The van der Waals surface area contributed by atoms with Crippen LogP contribution in [-0.2, 0) is 16.1 Å². The number of hydrogen-bond donors (Lipinski definition) is 0.